The van der Waals surface area contributed by atoms with Gasteiger partial charge in [0.1, 0.15) is 5.92 Å². The largest absolute Gasteiger partial charge is 0.339 e. The summed E-state index contributed by atoms with van der Waals surface area (Å²) in [7, 11) is 0. The first-order chi connectivity index (χ1) is 10.3. The number of aromatic nitrogens is 2. The molecule has 2 atom stereocenters. The van der Waals surface area contributed by atoms with Crippen LogP contribution >= 0.6 is 11.8 Å². The molecule has 0 amide bonds. The molecule has 2 aliphatic rings. The number of Topliss-reactive ketones (excluding diaryl/α,β-unsaturated/α-hetero) is 1. The van der Waals surface area contributed by atoms with Crippen molar-refractivity contribution in [3.05, 3.63) is 47.1 Å². The van der Waals surface area contributed by atoms with Crippen molar-refractivity contribution in [1.82, 2.24) is 10.1 Å². The van der Waals surface area contributed by atoms with Gasteiger partial charge in [0.15, 0.2) is 11.6 Å². The van der Waals surface area contributed by atoms with Gasteiger partial charge < -0.3 is 4.52 Å². The Morgan fingerprint density at radius 1 is 1.24 bits per heavy atom. The van der Waals surface area contributed by atoms with Crippen LogP contribution in [0.3, 0.4) is 0 Å². The molecule has 1 aliphatic heterocycles. The highest BCUT2D eigenvalue weighted by atomic mass is 32.2. The highest BCUT2D eigenvalue weighted by molar-refractivity contribution is 8.00. The summed E-state index contributed by atoms with van der Waals surface area (Å²) in [5.74, 6) is 2.78. The highest BCUT2D eigenvalue weighted by Crippen LogP contribution is 2.36. The Kier molecular flexibility index (Phi) is 3.30. The average Bonchev–Trinajstić information content (AvgIpc) is 3.15. The fourth-order valence-electron chi connectivity index (χ4n) is 3.23. The van der Waals surface area contributed by atoms with Crippen LogP contribution < -0.4 is 0 Å². The fourth-order valence-corrected chi connectivity index (χ4v) is 4.32. The van der Waals surface area contributed by atoms with Crippen LogP contribution in [0.15, 0.2) is 28.8 Å². The van der Waals surface area contributed by atoms with Crippen molar-refractivity contribution in [3.63, 3.8) is 0 Å². The van der Waals surface area contributed by atoms with E-state index in [1.54, 1.807) is 11.8 Å². The lowest BCUT2D eigenvalue weighted by Gasteiger charge is -2.22. The third-order valence-electron chi connectivity index (χ3n) is 4.35. The van der Waals surface area contributed by atoms with E-state index in [0.29, 0.717) is 11.6 Å². The topological polar surface area (TPSA) is 56.0 Å². The Bertz CT molecular complexity index is 682. The van der Waals surface area contributed by atoms with E-state index in [1.165, 1.54) is 11.1 Å². The third-order valence-corrected chi connectivity index (χ3v) is 5.41. The van der Waals surface area contributed by atoms with Gasteiger partial charge in [-0.2, -0.15) is 16.7 Å². The first kappa shape index (κ1) is 13.1. The quantitative estimate of drug-likeness (QED) is 0.853. The van der Waals surface area contributed by atoms with Gasteiger partial charge in [0.05, 0.1) is 5.75 Å². The normalized spacial score (nSPS) is 25.0. The summed E-state index contributed by atoms with van der Waals surface area (Å²) in [6.45, 7) is 0. The number of aryl methyl sites for hydroxylation is 1. The van der Waals surface area contributed by atoms with Crippen LogP contribution in [0.4, 0.5) is 0 Å². The number of carbonyl (C=O) groups excluding carboxylic acids is 1. The van der Waals surface area contributed by atoms with E-state index in [9.17, 15) is 4.79 Å². The fraction of sp³-hybridized carbons (Fsp3) is 0.438. The van der Waals surface area contributed by atoms with E-state index in [4.69, 9.17) is 4.52 Å². The second-order valence-corrected chi connectivity index (χ2v) is 6.70. The lowest BCUT2D eigenvalue weighted by atomic mass is 9.82. The summed E-state index contributed by atoms with van der Waals surface area (Å²) in [6.07, 6.45) is 3.31. The smallest absolute Gasteiger partial charge is 0.238 e. The molecule has 4 nitrogen and oxygen atoms in total. The molecule has 1 saturated heterocycles. The van der Waals surface area contributed by atoms with Gasteiger partial charge in [-0.3, -0.25) is 4.79 Å². The molecule has 5 heteroatoms. The minimum atomic E-state index is -0.199. The predicted octanol–water partition coefficient (Wildman–Crippen LogP) is 2.94. The molecule has 2 unspecified atom stereocenters. The zero-order chi connectivity index (χ0) is 14.2. The van der Waals surface area contributed by atoms with Crippen LogP contribution in [0, 0.1) is 0 Å². The van der Waals surface area contributed by atoms with E-state index in [1.807, 2.05) is 0 Å². The molecular weight excluding hydrogens is 284 g/mol. The van der Waals surface area contributed by atoms with Crippen molar-refractivity contribution in [2.75, 3.05) is 11.5 Å². The number of ketones is 1. The van der Waals surface area contributed by atoms with Gasteiger partial charge in [-0.1, -0.05) is 29.4 Å². The van der Waals surface area contributed by atoms with E-state index in [2.05, 4.69) is 34.4 Å². The molecule has 0 saturated carbocycles. The average molecular weight is 300 g/mol. The number of benzene rings is 1. The summed E-state index contributed by atoms with van der Waals surface area (Å²) in [5.41, 5.74) is 2.69. The van der Waals surface area contributed by atoms with Gasteiger partial charge in [-0.05, 0) is 30.4 Å². The summed E-state index contributed by atoms with van der Waals surface area (Å²) in [4.78, 5) is 16.4. The molecular formula is C16H16N2O2S. The van der Waals surface area contributed by atoms with Crippen LogP contribution in [-0.2, 0) is 11.2 Å². The predicted molar refractivity (Wildman–Crippen MR) is 80.6 cm³/mol. The summed E-state index contributed by atoms with van der Waals surface area (Å²) < 4.78 is 5.39. The Hall–Kier alpha value is -1.62. The summed E-state index contributed by atoms with van der Waals surface area (Å²) >= 11 is 1.64. The monoisotopic (exact) mass is 300 g/mol. The molecule has 1 aromatic heterocycles. The molecule has 0 bridgehead atoms. The van der Waals surface area contributed by atoms with Gasteiger partial charge in [0.25, 0.3) is 0 Å². The number of thioether (sulfide) groups is 1. The van der Waals surface area contributed by atoms with Crippen LogP contribution in [0.25, 0.3) is 0 Å². The lowest BCUT2D eigenvalue weighted by Crippen LogP contribution is -2.13. The highest BCUT2D eigenvalue weighted by Gasteiger charge is 2.33. The molecule has 0 spiro atoms. The maximum Gasteiger partial charge on any atom is 0.238 e. The SMILES string of the molecule is O=C1CSCC1c1nc(C2CCCc3ccccc32)no1. The number of rotatable bonds is 2. The van der Waals surface area contributed by atoms with Crippen molar-refractivity contribution in [2.24, 2.45) is 0 Å². The standard InChI is InChI=1S/C16H16N2O2S/c19-14-9-21-8-13(14)16-17-15(18-20-16)12-7-3-5-10-4-1-2-6-11(10)12/h1-2,4,6,12-13H,3,5,7-9H2. The van der Waals surface area contributed by atoms with Crippen LogP contribution in [-0.4, -0.2) is 27.4 Å². The van der Waals surface area contributed by atoms with Crippen molar-refractivity contribution in [3.8, 4) is 0 Å². The number of fused-ring (bicyclic) bond motifs is 1. The van der Waals surface area contributed by atoms with Gasteiger partial charge in [0, 0.05) is 11.7 Å². The van der Waals surface area contributed by atoms with Gasteiger partial charge in [-0.25, -0.2) is 0 Å². The second kappa shape index (κ2) is 5.30. The van der Waals surface area contributed by atoms with Crippen molar-refractivity contribution >= 4 is 17.5 Å². The lowest BCUT2D eigenvalue weighted by molar-refractivity contribution is -0.117. The Morgan fingerprint density at radius 2 is 2.14 bits per heavy atom. The van der Waals surface area contributed by atoms with E-state index < -0.39 is 0 Å². The van der Waals surface area contributed by atoms with Gasteiger partial charge in [0.2, 0.25) is 5.89 Å². The van der Waals surface area contributed by atoms with E-state index >= 15 is 0 Å². The maximum absolute atomic E-state index is 11.8. The van der Waals surface area contributed by atoms with E-state index in [-0.39, 0.29) is 17.6 Å². The molecule has 0 N–H and O–H groups in total. The minimum Gasteiger partial charge on any atom is -0.339 e. The Morgan fingerprint density at radius 3 is 3.00 bits per heavy atom. The Balaban J connectivity index is 1.66. The number of hydrogen-bond donors (Lipinski definition) is 0. The molecule has 4 rings (SSSR count). The first-order valence-electron chi connectivity index (χ1n) is 7.34. The molecule has 1 fully saturated rings. The third kappa shape index (κ3) is 2.29. The molecule has 2 heterocycles. The molecule has 1 aromatic carbocycles. The Labute approximate surface area is 127 Å². The number of hydrogen-bond acceptors (Lipinski definition) is 5. The summed E-state index contributed by atoms with van der Waals surface area (Å²) in [5, 5.41) is 4.17. The van der Waals surface area contributed by atoms with Gasteiger partial charge in [-0.15, -0.1) is 0 Å². The minimum absolute atomic E-state index is 0.199. The van der Waals surface area contributed by atoms with Crippen molar-refractivity contribution in [1.29, 1.82) is 0 Å². The van der Waals surface area contributed by atoms with Crippen LogP contribution in [0.5, 0.6) is 0 Å². The molecule has 2 aromatic rings. The molecule has 1 aliphatic carbocycles. The number of carbonyl (C=O) groups is 1. The number of nitrogens with zero attached hydrogens (tertiary/aromatic N) is 2. The molecule has 0 radical (unpaired) electrons. The van der Waals surface area contributed by atoms with Crippen LogP contribution in [0.1, 0.15) is 47.5 Å². The maximum atomic E-state index is 11.8. The van der Waals surface area contributed by atoms with Crippen LogP contribution in [0.2, 0.25) is 0 Å². The van der Waals surface area contributed by atoms with Gasteiger partial charge >= 0.3 is 0 Å². The summed E-state index contributed by atoms with van der Waals surface area (Å²) in [6, 6.07) is 8.48. The first-order valence-corrected chi connectivity index (χ1v) is 8.50. The molecule has 108 valence electrons. The zero-order valence-corrected chi connectivity index (χ0v) is 12.4. The molecule has 21 heavy (non-hydrogen) atoms. The zero-order valence-electron chi connectivity index (χ0n) is 11.6. The van der Waals surface area contributed by atoms with E-state index in [0.717, 1.165) is 30.8 Å². The van der Waals surface area contributed by atoms with Crippen molar-refractivity contribution in [2.45, 2.75) is 31.1 Å². The second-order valence-electron chi connectivity index (χ2n) is 5.67. The van der Waals surface area contributed by atoms with Crippen molar-refractivity contribution < 1.29 is 9.32 Å².